The van der Waals surface area contributed by atoms with Gasteiger partial charge in [0.15, 0.2) is 0 Å². The molecule has 0 aliphatic heterocycles. The van der Waals surface area contributed by atoms with Crippen molar-refractivity contribution in [1.82, 2.24) is 0 Å². The lowest BCUT2D eigenvalue weighted by Crippen LogP contribution is -2.12. The predicted molar refractivity (Wildman–Crippen MR) is 73.9 cm³/mol. The fourth-order valence-corrected chi connectivity index (χ4v) is 2.14. The number of para-hydroxylation sites is 1. The third-order valence-corrected chi connectivity index (χ3v) is 3.08. The maximum atomic E-state index is 11.3. The van der Waals surface area contributed by atoms with E-state index in [2.05, 4.69) is 15.9 Å². The summed E-state index contributed by atoms with van der Waals surface area (Å²) in [5, 5.41) is 0. The summed E-state index contributed by atoms with van der Waals surface area (Å²) < 4.78 is 6.54. The zero-order valence-electron chi connectivity index (χ0n) is 9.81. The topological polar surface area (TPSA) is 52.3 Å². The van der Waals surface area contributed by atoms with Crippen LogP contribution in [0.5, 0.6) is 11.5 Å². The van der Waals surface area contributed by atoms with E-state index in [1.54, 1.807) is 24.3 Å². The van der Waals surface area contributed by atoms with Gasteiger partial charge >= 0.3 is 0 Å². The largest absolute Gasteiger partial charge is 0.455 e. The number of carbonyl (C=O) groups is 1. The van der Waals surface area contributed by atoms with Crippen molar-refractivity contribution in [2.75, 3.05) is 0 Å². The lowest BCUT2D eigenvalue weighted by atomic mass is 10.2. The van der Waals surface area contributed by atoms with Gasteiger partial charge in [-0.15, -0.1) is 0 Å². The number of primary amides is 1. The minimum atomic E-state index is -0.506. The van der Waals surface area contributed by atoms with Crippen molar-refractivity contribution in [2.24, 2.45) is 5.73 Å². The van der Waals surface area contributed by atoms with E-state index in [9.17, 15) is 4.79 Å². The summed E-state index contributed by atoms with van der Waals surface area (Å²) in [5.74, 6) is 0.595. The zero-order chi connectivity index (χ0) is 13.1. The lowest BCUT2D eigenvalue weighted by Gasteiger charge is -2.10. The number of halogens is 1. The van der Waals surface area contributed by atoms with E-state index >= 15 is 0 Å². The van der Waals surface area contributed by atoms with Crippen LogP contribution in [0.15, 0.2) is 46.9 Å². The van der Waals surface area contributed by atoms with Gasteiger partial charge in [0.05, 0.1) is 10.0 Å². The van der Waals surface area contributed by atoms with Gasteiger partial charge in [0.25, 0.3) is 5.91 Å². The van der Waals surface area contributed by atoms with Crippen molar-refractivity contribution in [3.8, 4) is 11.5 Å². The molecular weight excluding hydrogens is 294 g/mol. The Morgan fingerprint density at radius 1 is 1.17 bits per heavy atom. The van der Waals surface area contributed by atoms with Crippen LogP contribution in [0.3, 0.4) is 0 Å². The van der Waals surface area contributed by atoms with E-state index in [0.29, 0.717) is 17.1 Å². The Kier molecular flexibility index (Phi) is 3.67. The maximum absolute atomic E-state index is 11.3. The molecule has 0 heterocycles. The molecule has 1 amide bonds. The van der Waals surface area contributed by atoms with Gasteiger partial charge in [0, 0.05) is 0 Å². The number of aryl methyl sites for hydroxylation is 1. The van der Waals surface area contributed by atoms with Gasteiger partial charge in [-0.05, 0) is 52.7 Å². The van der Waals surface area contributed by atoms with Crippen LogP contribution >= 0.6 is 15.9 Å². The number of rotatable bonds is 3. The van der Waals surface area contributed by atoms with Gasteiger partial charge in [-0.25, -0.2) is 0 Å². The van der Waals surface area contributed by atoms with Gasteiger partial charge in [-0.2, -0.15) is 0 Å². The number of hydrogen-bond donors (Lipinski definition) is 1. The average molecular weight is 306 g/mol. The Bertz CT molecular complexity index is 596. The smallest absolute Gasteiger partial charge is 0.252 e. The second-order valence-corrected chi connectivity index (χ2v) is 4.75. The highest BCUT2D eigenvalue weighted by Crippen LogP contribution is 2.31. The highest BCUT2D eigenvalue weighted by atomic mass is 79.9. The molecule has 0 spiro atoms. The number of benzene rings is 2. The normalized spacial score (nSPS) is 10.1. The molecule has 0 saturated carbocycles. The molecule has 2 rings (SSSR count). The summed E-state index contributed by atoms with van der Waals surface area (Å²) >= 11 is 3.43. The van der Waals surface area contributed by atoms with E-state index in [-0.39, 0.29) is 0 Å². The van der Waals surface area contributed by atoms with Crippen LogP contribution in [-0.2, 0) is 0 Å². The van der Waals surface area contributed by atoms with Gasteiger partial charge in [-0.3, -0.25) is 4.79 Å². The number of amides is 1. The van der Waals surface area contributed by atoms with Gasteiger partial charge in [-0.1, -0.05) is 18.2 Å². The molecule has 3 nitrogen and oxygen atoms in total. The van der Waals surface area contributed by atoms with Crippen LogP contribution in [0.1, 0.15) is 15.9 Å². The van der Waals surface area contributed by atoms with Crippen molar-refractivity contribution in [1.29, 1.82) is 0 Å². The first kappa shape index (κ1) is 12.6. The van der Waals surface area contributed by atoms with E-state index in [1.165, 1.54) is 0 Å². The highest BCUT2D eigenvalue weighted by molar-refractivity contribution is 9.10. The third kappa shape index (κ3) is 2.71. The van der Waals surface area contributed by atoms with E-state index < -0.39 is 5.91 Å². The van der Waals surface area contributed by atoms with E-state index in [1.807, 2.05) is 25.1 Å². The van der Waals surface area contributed by atoms with Crippen LogP contribution in [0, 0.1) is 6.92 Å². The summed E-state index contributed by atoms with van der Waals surface area (Å²) in [4.78, 5) is 11.3. The zero-order valence-corrected chi connectivity index (χ0v) is 11.4. The number of ether oxygens (including phenoxy) is 1. The monoisotopic (exact) mass is 305 g/mol. The van der Waals surface area contributed by atoms with Crippen molar-refractivity contribution in [2.45, 2.75) is 6.92 Å². The Morgan fingerprint density at radius 2 is 1.89 bits per heavy atom. The molecule has 0 aliphatic rings. The SMILES string of the molecule is Cc1ccc(Oc2ccccc2C(N)=O)c(Br)c1. The second-order valence-electron chi connectivity index (χ2n) is 3.90. The molecule has 4 heteroatoms. The van der Waals surface area contributed by atoms with Gasteiger partial charge in [0.1, 0.15) is 11.5 Å². The van der Waals surface area contributed by atoms with Crippen LogP contribution in [0.2, 0.25) is 0 Å². The summed E-state index contributed by atoms with van der Waals surface area (Å²) in [6.07, 6.45) is 0. The van der Waals surface area contributed by atoms with Crippen LogP contribution < -0.4 is 10.5 Å². The summed E-state index contributed by atoms with van der Waals surface area (Å²) in [6.45, 7) is 1.99. The number of hydrogen-bond acceptors (Lipinski definition) is 2. The molecule has 0 radical (unpaired) electrons. The molecule has 0 bridgehead atoms. The summed E-state index contributed by atoms with van der Waals surface area (Å²) in [7, 11) is 0. The molecule has 0 aromatic heterocycles. The number of carbonyl (C=O) groups excluding carboxylic acids is 1. The van der Waals surface area contributed by atoms with Crippen molar-refractivity contribution < 1.29 is 9.53 Å². The number of nitrogens with two attached hydrogens (primary N) is 1. The Morgan fingerprint density at radius 3 is 2.56 bits per heavy atom. The first-order valence-electron chi connectivity index (χ1n) is 5.41. The van der Waals surface area contributed by atoms with Crippen LogP contribution in [0.25, 0.3) is 0 Å². The minimum absolute atomic E-state index is 0.366. The molecule has 0 fully saturated rings. The van der Waals surface area contributed by atoms with Crippen LogP contribution in [0.4, 0.5) is 0 Å². The first-order valence-corrected chi connectivity index (χ1v) is 6.20. The fourth-order valence-electron chi connectivity index (χ4n) is 1.57. The Hall–Kier alpha value is -1.81. The molecule has 0 unspecified atom stereocenters. The van der Waals surface area contributed by atoms with Gasteiger partial charge in [0.2, 0.25) is 0 Å². The second kappa shape index (κ2) is 5.23. The standard InChI is InChI=1S/C14H12BrNO2/c1-9-6-7-13(11(15)8-9)18-12-5-3-2-4-10(12)14(16)17/h2-8H,1H3,(H2,16,17). The maximum Gasteiger partial charge on any atom is 0.252 e. The van der Waals surface area contributed by atoms with E-state index in [0.717, 1.165) is 10.0 Å². The predicted octanol–water partition coefficient (Wildman–Crippen LogP) is 3.65. The highest BCUT2D eigenvalue weighted by Gasteiger charge is 2.10. The van der Waals surface area contributed by atoms with Gasteiger partial charge < -0.3 is 10.5 Å². The first-order chi connectivity index (χ1) is 8.58. The van der Waals surface area contributed by atoms with Crippen molar-refractivity contribution >= 4 is 21.8 Å². The van der Waals surface area contributed by atoms with Crippen molar-refractivity contribution in [3.05, 3.63) is 58.1 Å². The minimum Gasteiger partial charge on any atom is -0.455 e. The van der Waals surface area contributed by atoms with E-state index in [4.69, 9.17) is 10.5 Å². The molecule has 2 aromatic rings. The quantitative estimate of drug-likeness (QED) is 0.941. The molecular formula is C14H12BrNO2. The Labute approximate surface area is 114 Å². The lowest BCUT2D eigenvalue weighted by molar-refractivity contribution is 0.0998. The molecule has 18 heavy (non-hydrogen) atoms. The Balaban J connectivity index is 2.37. The molecule has 0 aliphatic carbocycles. The summed E-state index contributed by atoms with van der Waals surface area (Å²) in [6, 6.07) is 12.6. The molecule has 0 saturated heterocycles. The molecule has 92 valence electrons. The average Bonchev–Trinajstić information content (AvgIpc) is 2.33. The summed E-state index contributed by atoms with van der Waals surface area (Å²) in [5.41, 5.74) is 6.79. The molecule has 0 atom stereocenters. The molecule has 2 N–H and O–H groups in total. The third-order valence-electron chi connectivity index (χ3n) is 2.46. The molecule has 2 aromatic carbocycles. The fraction of sp³-hybridized carbons (Fsp3) is 0.0714. The van der Waals surface area contributed by atoms with Crippen LogP contribution in [-0.4, -0.2) is 5.91 Å². The van der Waals surface area contributed by atoms with Crippen molar-refractivity contribution in [3.63, 3.8) is 0 Å².